The van der Waals surface area contributed by atoms with Gasteiger partial charge in [-0.1, -0.05) is 53.0 Å². The topological polar surface area (TPSA) is 32.3 Å². The molecule has 0 saturated heterocycles. The van der Waals surface area contributed by atoms with E-state index in [-0.39, 0.29) is 0 Å². The standard InChI is InChI=1S/C16H20BrNO/c17-15-9-10-16(14-8-4-3-7-13(14)15)18-11-5-1-2-6-12-19/h3-4,7-10,18-19H,1-2,5-6,11-12H2. The van der Waals surface area contributed by atoms with E-state index in [0.717, 1.165) is 30.3 Å². The second-order valence-electron chi connectivity index (χ2n) is 4.71. The first-order valence-electron chi connectivity index (χ1n) is 6.85. The fraction of sp³-hybridized carbons (Fsp3) is 0.375. The summed E-state index contributed by atoms with van der Waals surface area (Å²) in [5.41, 5.74) is 1.20. The van der Waals surface area contributed by atoms with Crippen LogP contribution in [-0.4, -0.2) is 18.3 Å². The van der Waals surface area contributed by atoms with Gasteiger partial charge in [0.2, 0.25) is 0 Å². The lowest BCUT2D eigenvalue weighted by atomic mass is 10.1. The van der Waals surface area contributed by atoms with Gasteiger partial charge in [-0.05, 0) is 30.4 Å². The highest BCUT2D eigenvalue weighted by Gasteiger charge is 2.02. The molecule has 0 unspecified atom stereocenters. The minimum Gasteiger partial charge on any atom is -0.396 e. The molecule has 0 aromatic heterocycles. The number of anilines is 1. The smallest absolute Gasteiger partial charge is 0.0431 e. The lowest BCUT2D eigenvalue weighted by Crippen LogP contribution is -2.02. The Bertz CT molecular complexity index is 527. The first-order valence-corrected chi connectivity index (χ1v) is 7.64. The summed E-state index contributed by atoms with van der Waals surface area (Å²) in [4.78, 5) is 0. The van der Waals surface area contributed by atoms with Crippen molar-refractivity contribution in [3.8, 4) is 0 Å². The van der Waals surface area contributed by atoms with E-state index in [1.165, 1.54) is 22.9 Å². The molecule has 2 nitrogen and oxygen atoms in total. The molecule has 19 heavy (non-hydrogen) atoms. The van der Waals surface area contributed by atoms with Crippen LogP contribution < -0.4 is 5.32 Å². The van der Waals surface area contributed by atoms with Gasteiger partial charge in [0.15, 0.2) is 0 Å². The van der Waals surface area contributed by atoms with Crippen molar-refractivity contribution in [1.82, 2.24) is 0 Å². The predicted octanol–water partition coefficient (Wildman–Crippen LogP) is 4.57. The lowest BCUT2D eigenvalue weighted by Gasteiger charge is -2.10. The number of aliphatic hydroxyl groups excluding tert-OH is 1. The van der Waals surface area contributed by atoms with Crippen LogP contribution in [0.1, 0.15) is 25.7 Å². The molecule has 0 heterocycles. The molecule has 0 atom stereocenters. The third-order valence-electron chi connectivity index (χ3n) is 3.27. The van der Waals surface area contributed by atoms with Crippen molar-refractivity contribution in [3.05, 3.63) is 40.9 Å². The number of halogens is 1. The van der Waals surface area contributed by atoms with Gasteiger partial charge in [-0.2, -0.15) is 0 Å². The van der Waals surface area contributed by atoms with Crippen molar-refractivity contribution in [2.75, 3.05) is 18.5 Å². The van der Waals surface area contributed by atoms with Crippen molar-refractivity contribution in [3.63, 3.8) is 0 Å². The van der Waals surface area contributed by atoms with Crippen LogP contribution in [0.25, 0.3) is 10.8 Å². The van der Waals surface area contributed by atoms with Crippen LogP contribution in [0.4, 0.5) is 5.69 Å². The fourth-order valence-corrected chi connectivity index (χ4v) is 2.71. The highest BCUT2D eigenvalue weighted by Crippen LogP contribution is 2.29. The Kier molecular flexibility index (Phi) is 5.67. The summed E-state index contributed by atoms with van der Waals surface area (Å²) in [5, 5.41) is 14.7. The van der Waals surface area contributed by atoms with Crippen LogP contribution >= 0.6 is 15.9 Å². The lowest BCUT2D eigenvalue weighted by molar-refractivity contribution is 0.283. The van der Waals surface area contributed by atoms with Crippen LogP contribution in [0.5, 0.6) is 0 Å². The summed E-state index contributed by atoms with van der Waals surface area (Å²) in [6.07, 6.45) is 4.34. The minimum atomic E-state index is 0.310. The SMILES string of the molecule is OCCCCCCNc1ccc(Br)c2ccccc12. The van der Waals surface area contributed by atoms with Gasteiger partial charge in [0.25, 0.3) is 0 Å². The Balaban J connectivity index is 1.96. The molecule has 0 saturated carbocycles. The van der Waals surface area contributed by atoms with E-state index >= 15 is 0 Å². The predicted molar refractivity (Wildman–Crippen MR) is 85.7 cm³/mol. The van der Waals surface area contributed by atoms with Crippen molar-refractivity contribution in [2.24, 2.45) is 0 Å². The van der Waals surface area contributed by atoms with Gasteiger partial charge in [-0.15, -0.1) is 0 Å². The molecule has 0 bridgehead atoms. The van der Waals surface area contributed by atoms with Gasteiger partial charge in [0.1, 0.15) is 0 Å². The molecule has 2 aromatic rings. The third kappa shape index (κ3) is 3.95. The summed E-state index contributed by atoms with van der Waals surface area (Å²) in [5.74, 6) is 0. The van der Waals surface area contributed by atoms with E-state index in [2.05, 4.69) is 57.6 Å². The average Bonchev–Trinajstić information content (AvgIpc) is 2.45. The maximum Gasteiger partial charge on any atom is 0.0431 e. The van der Waals surface area contributed by atoms with Crippen molar-refractivity contribution in [1.29, 1.82) is 0 Å². The fourth-order valence-electron chi connectivity index (χ4n) is 2.23. The second-order valence-corrected chi connectivity index (χ2v) is 5.56. The summed E-state index contributed by atoms with van der Waals surface area (Å²) in [6, 6.07) is 12.6. The van der Waals surface area contributed by atoms with Crippen LogP contribution in [-0.2, 0) is 0 Å². The first-order chi connectivity index (χ1) is 9.33. The molecule has 3 heteroatoms. The monoisotopic (exact) mass is 321 g/mol. The zero-order valence-electron chi connectivity index (χ0n) is 11.0. The minimum absolute atomic E-state index is 0.310. The number of rotatable bonds is 7. The number of hydrogen-bond donors (Lipinski definition) is 2. The summed E-state index contributed by atoms with van der Waals surface area (Å²) in [7, 11) is 0. The van der Waals surface area contributed by atoms with E-state index in [1.54, 1.807) is 0 Å². The summed E-state index contributed by atoms with van der Waals surface area (Å²) >= 11 is 3.59. The molecular formula is C16H20BrNO. The highest BCUT2D eigenvalue weighted by molar-refractivity contribution is 9.10. The highest BCUT2D eigenvalue weighted by atomic mass is 79.9. The zero-order valence-corrected chi connectivity index (χ0v) is 12.6. The van der Waals surface area contributed by atoms with Crippen molar-refractivity contribution >= 4 is 32.4 Å². The molecule has 102 valence electrons. The van der Waals surface area contributed by atoms with Gasteiger partial charge >= 0.3 is 0 Å². The Labute approximate surface area is 123 Å². The number of benzene rings is 2. The molecule has 2 N–H and O–H groups in total. The maximum absolute atomic E-state index is 8.73. The second kappa shape index (κ2) is 7.51. The molecule has 0 amide bonds. The Morgan fingerprint density at radius 2 is 1.63 bits per heavy atom. The maximum atomic E-state index is 8.73. The van der Waals surface area contributed by atoms with Crippen molar-refractivity contribution in [2.45, 2.75) is 25.7 Å². The van der Waals surface area contributed by atoms with Gasteiger partial charge in [0.05, 0.1) is 0 Å². The summed E-state index contributed by atoms with van der Waals surface area (Å²) < 4.78 is 1.14. The number of nitrogens with one attached hydrogen (secondary N) is 1. The van der Waals surface area contributed by atoms with E-state index in [1.807, 2.05) is 0 Å². The largest absolute Gasteiger partial charge is 0.396 e. The van der Waals surface area contributed by atoms with E-state index in [0.29, 0.717) is 6.61 Å². The molecule has 2 aromatic carbocycles. The third-order valence-corrected chi connectivity index (χ3v) is 3.96. The number of hydrogen-bond acceptors (Lipinski definition) is 2. The Hall–Kier alpha value is -1.06. The van der Waals surface area contributed by atoms with Crippen LogP contribution in [0.2, 0.25) is 0 Å². The Morgan fingerprint density at radius 3 is 2.42 bits per heavy atom. The number of unbranched alkanes of at least 4 members (excludes halogenated alkanes) is 3. The van der Waals surface area contributed by atoms with E-state index < -0.39 is 0 Å². The molecule has 0 aliphatic heterocycles. The van der Waals surface area contributed by atoms with Crippen LogP contribution in [0, 0.1) is 0 Å². The number of fused-ring (bicyclic) bond motifs is 1. The van der Waals surface area contributed by atoms with Crippen molar-refractivity contribution < 1.29 is 5.11 Å². The number of aliphatic hydroxyl groups is 1. The molecule has 0 radical (unpaired) electrons. The quantitative estimate of drug-likeness (QED) is 0.732. The molecule has 0 aliphatic rings. The average molecular weight is 322 g/mol. The molecule has 2 rings (SSSR count). The zero-order chi connectivity index (χ0) is 13.5. The van der Waals surface area contributed by atoms with Gasteiger partial charge in [-0.3, -0.25) is 0 Å². The van der Waals surface area contributed by atoms with Gasteiger partial charge in [-0.25, -0.2) is 0 Å². The molecule has 0 aliphatic carbocycles. The normalized spacial score (nSPS) is 10.8. The van der Waals surface area contributed by atoms with E-state index in [4.69, 9.17) is 5.11 Å². The molecule has 0 fully saturated rings. The van der Waals surface area contributed by atoms with Crippen LogP contribution in [0.3, 0.4) is 0 Å². The van der Waals surface area contributed by atoms with Gasteiger partial charge < -0.3 is 10.4 Å². The van der Waals surface area contributed by atoms with Gasteiger partial charge in [0, 0.05) is 28.7 Å². The Morgan fingerprint density at radius 1 is 0.895 bits per heavy atom. The summed E-state index contributed by atoms with van der Waals surface area (Å²) in [6.45, 7) is 1.29. The molecular weight excluding hydrogens is 302 g/mol. The first kappa shape index (κ1) is 14.4. The molecule has 0 spiro atoms. The van der Waals surface area contributed by atoms with Crippen LogP contribution in [0.15, 0.2) is 40.9 Å². The van der Waals surface area contributed by atoms with E-state index in [9.17, 15) is 0 Å².